The first-order valence-electron chi connectivity index (χ1n) is 5.09. The Bertz CT molecular complexity index is 580. The van der Waals surface area contributed by atoms with Crippen LogP contribution in [0.15, 0.2) is 47.9 Å². The fourth-order valence-electron chi connectivity index (χ4n) is 1.74. The van der Waals surface area contributed by atoms with E-state index in [1.54, 1.807) is 36.4 Å². The lowest BCUT2D eigenvalue weighted by Crippen LogP contribution is -2.04. The zero-order valence-electron chi connectivity index (χ0n) is 8.75. The summed E-state index contributed by atoms with van der Waals surface area (Å²) in [5.74, 6) is 0. The second-order valence-electron chi connectivity index (χ2n) is 3.70. The van der Waals surface area contributed by atoms with Crippen molar-refractivity contribution >= 4 is 28.4 Å². The average molecular weight is 265 g/mol. The first kappa shape index (κ1) is 10.9. The van der Waals surface area contributed by atoms with Gasteiger partial charge in [-0.15, -0.1) is 0 Å². The number of thioether (sulfide) groups is 1. The molecule has 17 heavy (non-hydrogen) atoms. The smallest absolute Gasteiger partial charge is 0.101 e. The third-order valence-corrected chi connectivity index (χ3v) is 3.95. The van der Waals surface area contributed by atoms with E-state index in [1.807, 2.05) is 22.9 Å². The van der Waals surface area contributed by atoms with Gasteiger partial charge in [0.25, 0.3) is 0 Å². The maximum absolute atomic E-state index is 10.1. The van der Waals surface area contributed by atoms with Gasteiger partial charge in [0.1, 0.15) is 6.10 Å². The summed E-state index contributed by atoms with van der Waals surface area (Å²) in [7, 11) is 0. The standard InChI is InChI=1S/C12H9ClN2OS/c13-8-1-2-11-9(5-8)10(16)6-12(17-11)15-4-3-14-7-15/h1-7,10,16H. The third kappa shape index (κ3) is 1.99. The fraction of sp³-hybridized carbons (Fsp3) is 0.0833. The van der Waals surface area contributed by atoms with Crippen LogP contribution in [-0.4, -0.2) is 14.7 Å². The Labute approximate surface area is 108 Å². The van der Waals surface area contributed by atoms with E-state index in [-0.39, 0.29) is 0 Å². The molecule has 3 rings (SSSR count). The van der Waals surface area contributed by atoms with Gasteiger partial charge >= 0.3 is 0 Å². The normalized spacial score (nSPS) is 18.7. The molecule has 0 fully saturated rings. The number of imidazole rings is 1. The number of hydrogen-bond donors (Lipinski definition) is 1. The third-order valence-electron chi connectivity index (χ3n) is 2.56. The Morgan fingerprint density at radius 1 is 1.41 bits per heavy atom. The second-order valence-corrected chi connectivity index (χ2v) is 5.20. The average Bonchev–Trinajstić information content (AvgIpc) is 2.83. The molecule has 1 aliphatic heterocycles. The SMILES string of the molecule is OC1C=C(n2ccnc2)Sc2ccc(Cl)cc21. The van der Waals surface area contributed by atoms with Crippen LogP contribution < -0.4 is 0 Å². The summed E-state index contributed by atoms with van der Waals surface area (Å²) in [5, 5.41) is 11.7. The van der Waals surface area contributed by atoms with Gasteiger partial charge in [0.15, 0.2) is 0 Å². The minimum atomic E-state index is -0.623. The van der Waals surface area contributed by atoms with E-state index in [4.69, 9.17) is 11.6 Å². The molecule has 0 saturated carbocycles. The highest BCUT2D eigenvalue weighted by Crippen LogP contribution is 2.42. The molecule has 0 bridgehead atoms. The first-order valence-corrected chi connectivity index (χ1v) is 6.29. The molecule has 5 heteroatoms. The van der Waals surface area contributed by atoms with Crippen LogP contribution in [0.5, 0.6) is 0 Å². The number of aliphatic hydroxyl groups excluding tert-OH is 1. The highest BCUT2D eigenvalue weighted by atomic mass is 35.5. The van der Waals surface area contributed by atoms with Crippen molar-refractivity contribution < 1.29 is 5.11 Å². The predicted octanol–water partition coefficient (Wildman–Crippen LogP) is 3.17. The topological polar surface area (TPSA) is 38.0 Å². The van der Waals surface area contributed by atoms with E-state index >= 15 is 0 Å². The molecule has 0 amide bonds. The Hall–Kier alpha value is -1.23. The van der Waals surface area contributed by atoms with Crippen molar-refractivity contribution in [1.29, 1.82) is 0 Å². The molecule has 2 heterocycles. The Kier molecular flexibility index (Phi) is 2.70. The van der Waals surface area contributed by atoms with Gasteiger partial charge in [-0.1, -0.05) is 23.4 Å². The van der Waals surface area contributed by atoms with Crippen molar-refractivity contribution in [3.05, 3.63) is 53.6 Å². The molecule has 2 aromatic rings. The van der Waals surface area contributed by atoms with Gasteiger partial charge in [0.2, 0.25) is 0 Å². The molecule has 0 spiro atoms. The maximum Gasteiger partial charge on any atom is 0.101 e. The molecule has 1 N–H and O–H groups in total. The van der Waals surface area contributed by atoms with Crippen molar-refractivity contribution in [3.8, 4) is 0 Å². The minimum Gasteiger partial charge on any atom is -0.384 e. The molecule has 1 atom stereocenters. The van der Waals surface area contributed by atoms with Gasteiger partial charge in [-0.2, -0.15) is 0 Å². The lowest BCUT2D eigenvalue weighted by atomic mass is 10.1. The van der Waals surface area contributed by atoms with Crippen LogP contribution in [-0.2, 0) is 0 Å². The number of rotatable bonds is 1. The van der Waals surface area contributed by atoms with E-state index in [1.165, 1.54) is 0 Å². The van der Waals surface area contributed by atoms with Gasteiger partial charge in [0, 0.05) is 22.3 Å². The number of aromatic nitrogens is 2. The van der Waals surface area contributed by atoms with Crippen molar-refractivity contribution in [2.45, 2.75) is 11.0 Å². The molecule has 86 valence electrons. The van der Waals surface area contributed by atoms with Crippen molar-refractivity contribution in [2.24, 2.45) is 0 Å². The van der Waals surface area contributed by atoms with Gasteiger partial charge in [-0.3, -0.25) is 0 Å². The summed E-state index contributed by atoms with van der Waals surface area (Å²) < 4.78 is 1.88. The van der Waals surface area contributed by atoms with E-state index in [0.29, 0.717) is 5.02 Å². The molecule has 1 aromatic carbocycles. The van der Waals surface area contributed by atoms with Crippen LogP contribution in [0.2, 0.25) is 5.02 Å². The molecular formula is C12H9ClN2OS. The van der Waals surface area contributed by atoms with E-state index in [2.05, 4.69) is 4.98 Å². The summed E-state index contributed by atoms with van der Waals surface area (Å²) in [6.07, 6.45) is 6.46. The van der Waals surface area contributed by atoms with Crippen LogP contribution in [0, 0.1) is 0 Å². The Balaban J connectivity index is 2.03. The fourth-order valence-corrected chi connectivity index (χ4v) is 2.99. The molecule has 1 aliphatic rings. The Morgan fingerprint density at radius 3 is 3.06 bits per heavy atom. The van der Waals surface area contributed by atoms with E-state index in [0.717, 1.165) is 15.5 Å². The summed E-state index contributed by atoms with van der Waals surface area (Å²) in [4.78, 5) is 5.02. The van der Waals surface area contributed by atoms with Crippen LogP contribution in [0.3, 0.4) is 0 Å². The summed E-state index contributed by atoms with van der Waals surface area (Å²) in [6.45, 7) is 0. The number of hydrogen-bond acceptors (Lipinski definition) is 3. The van der Waals surface area contributed by atoms with Gasteiger partial charge in [-0.25, -0.2) is 4.98 Å². The predicted molar refractivity (Wildman–Crippen MR) is 68.8 cm³/mol. The first-order chi connectivity index (χ1) is 8.24. The van der Waals surface area contributed by atoms with Crippen molar-refractivity contribution in [1.82, 2.24) is 9.55 Å². The van der Waals surface area contributed by atoms with Crippen LogP contribution in [0.25, 0.3) is 5.03 Å². The molecule has 1 unspecified atom stereocenters. The van der Waals surface area contributed by atoms with Gasteiger partial charge in [-0.05, 0) is 29.8 Å². The van der Waals surface area contributed by atoms with Crippen LogP contribution >= 0.6 is 23.4 Å². The molecule has 0 saturated heterocycles. The maximum atomic E-state index is 10.1. The highest BCUT2D eigenvalue weighted by Gasteiger charge is 2.20. The Morgan fingerprint density at radius 2 is 2.29 bits per heavy atom. The van der Waals surface area contributed by atoms with E-state index in [9.17, 15) is 5.11 Å². The highest BCUT2D eigenvalue weighted by molar-refractivity contribution is 8.08. The van der Waals surface area contributed by atoms with Gasteiger partial charge < -0.3 is 9.67 Å². The van der Waals surface area contributed by atoms with Crippen LogP contribution in [0.1, 0.15) is 11.7 Å². The van der Waals surface area contributed by atoms with Crippen molar-refractivity contribution in [2.75, 3.05) is 0 Å². The lowest BCUT2D eigenvalue weighted by Gasteiger charge is -2.21. The molecule has 3 nitrogen and oxygen atoms in total. The zero-order chi connectivity index (χ0) is 11.8. The summed E-state index contributed by atoms with van der Waals surface area (Å²) in [6, 6.07) is 5.56. The number of fused-ring (bicyclic) bond motifs is 1. The number of aliphatic hydroxyl groups is 1. The number of halogens is 1. The van der Waals surface area contributed by atoms with Crippen LogP contribution in [0.4, 0.5) is 0 Å². The van der Waals surface area contributed by atoms with Crippen molar-refractivity contribution in [3.63, 3.8) is 0 Å². The quantitative estimate of drug-likeness (QED) is 0.860. The summed E-state index contributed by atoms with van der Waals surface area (Å²) >= 11 is 7.51. The molecule has 0 aliphatic carbocycles. The molecule has 0 radical (unpaired) electrons. The monoisotopic (exact) mass is 264 g/mol. The largest absolute Gasteiger partial charge is 0.384 e. The lowest BCUT2D eigenvalue weighted by molar-refractivity contribution is 0.225. The number of benzene rings is 1. The van der Waals surface area contributed by atoms with E-state index < -0.39 is 6.10 Å². The molecule has 1 aromatic heterocycles. The minimum absolute atomic E-state index is 0.623. The van der Waals surface area contributed by atoms with Gasteiger partial charge in [0.05, 0.1) is 11.4 Å². The number of nitrogens with zero attached hydrogens (tertiary/aromatic N) is 2. The second kappa shape index (κ2) is 4.22. The summed E-state index contributed by atoms with van der Waals surface area (Å²) in [5.41, 5.74) is 0.853. The molecular weight excluding hydrogens is 256 g/mol. The zero-order valence-corrected chi connectivity index (χ0v) is 10.3.